The number of rotatable bonds is 5. The van der Waals surface area contributed by atoms with Gasteiger partial charge < -0.3 is 11.1 Å². The predicted octanol–water partition coefficient (Wildman–Crippen LogP) is 3.54. The summed E-state index contributed by atoms with van der Waals surface area (Å²) in [5.41, 5.74) is 6.65. The molecule has 1 atom stereocenters. The average molecular weight is 250 g/mol. The van der Waals surface area contributed by atoms with Crippen molar-refractivity contribution < 1.29 is 4.39 Å². The minimum Gasteiger partial charge on any atom is -0.381 e. The molecule has 3 heteroatoms. The molecule has 0 saturated heterocycles. The Kier molecular flexibility index (Phi) is 5.00. The Labute approximate surface area is 109 Å². The molecule has 100 valence electrons. The fourth-order valence-corrected chi connectivity index (χ4v) is 2.85. The number of hydrogen-bond donors (Lipinski definition) is 2. The van der Waals surface area contributed by atoms with Crippen molar-refractivity contribution in [3.05, 3.63) is 30.1 Å². The summed E-state index contributed by atoms with van der Waals surface area (Å²) in [6.45, 7) is 0.604. The van der Waals surface area contributed by atoms with Crippen LogP contribution in [0, 0.1) is 11.7 Å². The van der Waals surface area contributed by atoms with Gasteiger partial charge >= 0.3 is 0 Å². The number of anilines is 1. The first-order chi connectivity index (χ1) is 8.78. The topological polar surface area (TPSA) is 38.0 Å². The summed E-state index contributed by atoms with van der Waals surface area (Å²) < 4.78 is 13.1. The Morgan fingerprint density at radius 2 is 2.06 bits per heavy atom. The van der Waals surface area contributed by atoms with Crippen molar-refractivity contribution in [2.24, 2.45) is 11.7 Å². The van der Waals surface area contributed by atoms with Crippen molar-refractivity contribution >= 4 is 5.69 Å². The van der Waals surface area contributed by atoms with Crippen molar-refractivity contribution in [2.75, 3.05) is 11.9 Å². The van der Waals surface area contributed by atoms with E-state index in [1.807, 2.05) is 6.07 Å². The first-order valence-electron chi connectivity index (χ1n) is 7.00. The number of nitrogens with one attached hydrogen (secondary N) is 1. The zero-order valence-electron chi connectivity index (χ0n) is 10.9. The largest absolute Gasteiger partial charge is 0.381 e. The van der Waals surface area contributed by atoms with Gasteiger partial charge in [0.15, 0.2) is 0 Å². The molecule has 1 aliphatic rings. The van der Waals surface area contributed by atoms with E-state index >= 15 is 0 Å². The molecule has 1 unspecified atom stereocenters. The van der Waals surface area contributed by atoms with Crippen molar-refractivity contribution in [3.8, 4) is 0 Å². The minimum atomic E-state index is -0.201. The SMILES string of the molecule is NCC(CC1CCCCC1)Nc1cccc(F)c1. The Morgan fingerprint density at radius 3 is 2.72 bits per heavy atom. The zero-order valence-corrected chi connectivity index (χ0v) is 10.9. The molecule has 1 aliphatic carbocycles. The lowest BCUT2D eigenvalue weighted by Gasteiger charge is -2.27. The van der Waals surface area contributed by atoms with Gasteiger partial charge in [-0.25, -0.2) is 4.39 Å². The third-order valence-corrected chi connectivity index (χ3v) is 3.82. The summed E-state index contributed by atoms with van der Waals surface area (Å²) in [5.74, 6) is 0.585. The van der Waals surface area contributed by atoms with Gasteiger partial charge in [-0.1, -0.05) is 38.2 Å². The molecule has 1 saturated carbocycles. The van der Waals surface area contributed by atoms with Crippen LogP contribution >= 0.6 is 0 Å². The summed E-state index contributed by atoms with van der Waals surface area (Å²) in [6.07, 6.45) is 7.82. The maximum Gasteiger partial charge on any atom is 0.125 e. The lowest BCUT2D eigenvalue weighted by molar-refractivity contribution is 0.324. The standard InChI is InChI=1S/C15H23FN2/c16-13-7-4-8-14(10-13)18-15(11-17)9-12-5-2-1-3-6-12/h4,7-8,10,12,15,18H,1-3,5-6,9,11,17H2. The van der Waals surface area contributed by atoms with E-state index in [2.05, 4.69) is 5.32 Å². The van der Waals surface area contributed by atoms with Gasteiger partial charge in [-0.2, -0.15) is 0 Å². The fraction of sp³-hybridized carbons (Fsp3) is 0.600. The molecule has 1 aromatic carbocycles. The number of benzene rings is 1. The molecule has 2 nitrogen and oxygen atoms in total. The zero-order chi connectivity index (χ0) is 12.8. The van der Waals surface area contributed by atoms with Crippen molar-refractivity contribution in [1.82, 2.24) is 0 Å². The van der Waals surface area contributed by atoms with E-state index in [0.29, 0.717) is 6.54 Å². The highest BCUT2D eigenvalue weighted by Crippen LogP contribution is 2.28. The summed E-state index contributed by atoms with van der Waals surface area (Å²) >= 11 is 0. The third kappa shape index (κ3) is 3.98. The molecule has 0 radical (unpaired) electrons. The van der Waals surface area contributed by atoms with Crippen molar-refractivity contribution in [1.29, 1.82) is 0 Å². The molecule has 0 aliphatic heterocycles. The van der Waals surface area contributed by atoms with Crippen LogP contribution in [0.15, 0.2) is 24.3 Å². The number of halogens is 1. The molecule has 1 aromatic rings. The lowest BCUT2D eigenvalue weighted by atomic mass is 9.85. The summed E-state index contributed by atoms with van der Waals surface area (Å²) in [5, 5.41) is 3.35. The van der Waals surface area contributed by atoms with Crippen LogP contribution in [-0.4, -0.2) is 12.6 Å². The normalized spacial score (nSPS) is 18.6. The molecule has 3 N–H and O–H groups in total. The summed E-state index contributed by atoms with van der Waals surface area (Å²) in [4.78, 5) is 0. The molecule has 0 aromatic heterocycles. The van der Waals surface area contributed by atoms with E-state index in [0.717, 1.165) is 18.0 Å². The molecular formula is C15H23FN2. The van der Waals surface area contributed by atoms with Crippen molar-refractivity contribution in [3.63, 3.8) is 0 Å². The Morgan fingerprint density at radius 1 is 1.28 bits per heavy atom. The van der Waals surface area contributed by atoms with Gasteiger partial charge in [0.2, 0.25) is 0 Å². The van der Waals surface area contributed by atoms with E-state index in [1.54, 1.807) is 6.07 Å². The van der Waals surface area contributed by atoms with Crippen LogP contribution in [0.4, 0.5) is 10.1 Å². The van der Waals surface area contributed by atoms with Gasteiger partial charge in [-0.05, 0) is 30.5 Å². The molecule has 2 rings (SSSR count). The third-order valence-electron chi connectivity index (χ3n) is 3.82. The van der Waals surface area contributed by atoms with Gasteiger partial charge in [0.1, 0.15) is 5.82 Å². The molecule has 0 heterocycles. The highest BCUT2D eigenvalue weighted by molar-refractivity contribution is 5.44. The quantitative estimate of drug-likeness (QED) is 0.839. The van der Waals surface area contributed by atoms with Gasteiger partial charge in [0.05, 0.1) is 0 Å². The molecule has 0 spiro atoms. The van der Waals surface area contributed by atoms with Crippen LogP contribution in [0.5, 0.6) is 0 Å². The predicted molar refractivity (Wildman–Crippen MR) is 74.1 cm³/mol. The van der Waals surface area contributed by atoms with E-state index in [9.17, 15) is 4.39 Å². The van der Waals surface area contributed by atoms with E-state index in [4.69, 9.17) is 5.73 Å². The lowest BCUT2D eigenvalue weighted by Crippen LogP contribution is -2.31. The molecule has 0 amide bonds. The van der Waals surface area contributed by atoms with Gasteiger partial charge in [0, 0.05) is 18.3 Å². The maximum absolute atomic E-state index is 13.1. The summed E-state index contributed by atoms with van der Waals surface area (Å²) in [7, 11) is 0. The maximum atomic E-state index is 13.1. The first kappa shape index (κ1) is 13.3. The molecule has 18 heavy (non-hydrogen) atoms. The van der Waals surface area contributed by atoms with Crippen LogP contribution in [-0.2, 0) is 0 Å². The van der Waals surface area contributed by atoms with Gasteiger partial charge in [-0.3, -0.25) is 0 Å². The second-order valence-electron chi connectivity index (χ2n) is 5.33. The molecule has 0 bridgehead atoms. The van der Waals surface area contributed by atoms with Gasteiger partial charge in [0.25, 0.3) is 0 Å². The number of hydrogen-bond acceptors (Lipinski definition) is 2. The highest BCUT2D eigenvalue weighted by Gasteiger charge is 2.18. The molecular weight excluding hydrogens is 227 g/mol. The van der Waals surface area contributed by atoms with Crippen LogP contribution < -0.4 is 11.1 Å². The second-order valence-corrected chi connectivity index (χ2v) is 5.33. The van der Waals surface area contributed by atoms with Crippen LogP contribution in [0.3, 0.4) is 0 Å². The van der Waals surface area contributed by atoms with E-state index in [-0.39, 0.29) is 11.9 Å². The number of nitrogens with two attached hydrogens (primary N) is 1. The van der Waals surface area contributed by atoms with Crippen LogP contribution in [0.2, 0.25) is 0 Å². The smallest absolute Gasteiger partial charge is 0.125 e. The fourth-order valence-electron chi connectivity index (χ4n) is 2.85. The monoisotopic (exact) mass is 250 g/mol. The Hall–Kier alpha value is -1.09. The summed E-state index contributed by atoms with van der Waals surface area (Å²) in [6, 6.07) is 6.88. The highest BCUT2D eigenvalue weighted by atomic mass is 19.1. The van der Waals surface area contributed by atoms with E-state index < -0.39 is 0 Å². The van der Waals surface area contributed by atoms with Gasteiger partial charge in [-0.15, -0.1) is 0 Å². The molecule has 1 fully saturated rings. The van der Waals surface area contributed by atoms with Crippen LogP contribution in [0.25, 0.3) is 0 Å². The van der Waals surface area contributed by atoms with Crippen LogP contribution in [0.1, 0.15) is 38.5 Å². The van der Waals surface area contributed by atoms with E-state index in [1.165, 1.54) is 44.2 Å². The Bertz CT molecular complexity index is 361. The first-order valence-corrected chi connectivity index (χ1v) is 7.00. The average Bonchev–Trinajstić information content (AvgIpc) is 2.39. The minimum absolute atomic E-state index is 0.201. The second kappa shape index (κ2) is 6.74. The van der Waals surface area contributed by atoms with Crippen molar-refractivity contribution in [2.45, 2.75) is 44.6 Å². The Balaban J connectivity index is 1.88.